The van der Waals surface area contributed by atoms with E-state index in [-0.39, 0.29) is 30.8 Å². The van der Waals surface area contributed by atoms with Crippen LogP contribution in [-0.2, 0) is 19.1 Å². The number of morpholine rings is 1. The number of carbonyl (C=O) groups excluding carboxylic acids is 2. The molecule has 1 fully saturated rings. The largest absolute Gasteiger partial charge is 0.497 e. The summed E-state index contributed by atoms with van der Waals surface area (Å²) in [7, 11) is 4.58. The Hall–Kier alpha value is -3.54. The number of hydrogen-bond donors (Lipinski definition) is 0. The molecule has 0 spiro atoms. The summed E-state index contributed by atoms with van der Waals surface area (Å²) in [5.74, 6) is 0.190. The van der Waals surface area contributed by atoms with Gasteiger partial charge in [0.05, 0.1) is 39.2 Å². The lowest BCUT2D eigenvalue weighted by Crippen LogP contribution is -2.47. The molecule has 2 amide bonds. The molecule has 2 aromatic rings. The SMILES string of the molecule is COCC(=O)N(CCN1CCOCC1)CC(=O)N1N=C(c2ccc(OC)cc2OC)C[C@H]1c1ccc(F)cc1. The molecule has 0 bridgehead atoms. The number of hydrazone groups is 1. The molecule has 2 aromatic carbocycles. The van der Waals surface area contributed by atoms with E-state index in [2.05, 4.69) is 4.90 Å². The minimum absolute atomic E-state index is 0.130. The molecule has 2 aliphatic rings. The number of amides is 2. The summed E-state index contributed by atoms with van der Waals surface area (Å²) >= 11 is 0. The number of rotatable bonds is 11. The molecule has 11 heteroatoms. The predicted molar refractivity (Wildman–Crippen MR) is 142 cm³/mol. The first-order valence-corrected chi connectivity index (χ1v) is 12.9. The number of benzene rings is 2. The van der Waals surface area contributed by atoms with Crippen molar-refractivity contribution in [3.63, 3.8) is 0 Å². The summed E-state index contributed by atoms with van der Waals surface area (Å²) in [4.78, 5) is 30.3. The molecule has 2 aliphatic heterocycles. The highest BCUT2D eigenvalue weighted by Gasteiger charge is 2.35. The van der Waals surface area contributed by atoms with Gasteiger partial charge in [-0.3, -0.25) is 14.5 Å². The maximum Gasteiger partial charge on any atom is 0.262 e. The monoisotopic (exact) mass is 542 g/mol. The van der Waals surface area contributed by atoms with Crippen molar-refractivity contribution in [3.8, 4) is 11.5 Å². The van der Waals surface area contributed by atoms with E-state index in [0.717, 1.165) is 24.2 Å². The average Bonchev–Trinajstić information content (AvgIpc) is 3.41. The van der Waals surface area contributed by atoms with Crippen LogP contribution in [0.1, 0.15) is 23.6 Å². The van der Waals surface area contributed by atoms with Gasteiger partial charge in [0.1, 0.15) is 30.5 Å². The van der Waals surface area contributed by atoms with Crippen molar-refractivity contribution < 1.29 is 32.9 Å². The van der Waals surface area contributed by atoms with Gasteiger partial charge in [-0.1, -0.05) is 12.1 Å². The Morgan fingerprint density at radius 2 is 1.82 bits per heavy atom. The number of ether oxygens (including phenoxy) is 4. The Morgan fingerprint density at radius 3 is 2.49 bits per heavy atom. The number of hydrogen-bond acceptors (Lipinski definition) is 8. The zero-order valence-corrected chi connectivity index (χ0v) is 22.6. The molecule has 39 heavy (non-hydrogen) atoms. The molecule has 2 heterocycles. The van der Waals surface area contributed by atoms with Crippen molar-refractivity contribution in [3.05, 3.63) is 59.4 Å². The number of carbonyl (C=O) groups is 2. The van der Waals surface area contributed by atoms with Crippen molar-refractivity contribution in [1.29, 1.82) is 0 Å². The summed E-state index contributed by atoms with van der Waals surface area (Å²) in [6, 6.07) is 10.9. The fourth-order valence-electron chi connectivity index (χ4n) is 4.71. The Morgan fingerprint density at radius 1 is 1.08 bits per heavy atom. The second kappa shape index (κ2) is 13.5. The first kappa shape index (κ1) is 28.5. The van der Waals surface area contributed by atoms with Gasteiger partial charge in [-0.05, 0) is 29.8 Å². The normalized spacial score (nSPS) is 17.6. The van der Waals surface area contributed by atoms with Gasteiger partial charge in [-0.15, -0.1) is 0 Å². The molecule has 0 saturated carbocycles. The Labute approximate surface area is 227 Å². The highest BCUT2D eigenvalue weighted by atomic mass is 19.1. The first-order chi connectivity index (χ1) is 18.9. The van der Waals surface area contributed by atoms with Gasteiger partial charge in [-0.25, -0.2) is 9.40 Å². The smallest absolute Gasteiger partial charge is 0.262 e. The third kappa shape index (κ3) is 7.11. The van der Waals surface area contributed by atoms with Crippen LogP contribution < -0.4 is 9.47 Å². The lowest BCUT2D eigenvalue weighted by atomic mass is 9.97. The Balaban J connectivity index is 1.59. The minimum atomic E-state index is -0.474. The highest BCUT2D eigenvalue weighted by molar-refractivity contribution is 6.05. The van der Waals surface area contributed by atoms with Gasteiger partial charge < -0.3 is 23.8 Å². The van der Waals surface area contributed by atoms with E-state index in [1.165, 1.54) is 29.2 Å². The molecular weight excluding hydrogens is 507 g/mol. The molecule has 10 nitrogen and oxygen atoms in total. The van der Waals surface area contributed by atoms with Crippen LogP contribution in [0.25, 0.3) is 0 Å². The molecule has 1 saturated heterocycles. The van der Waals surface area contributed by atoms with Crippen molar-refractivity contribution in [2.75, 3.05) is 73.9 Å². The van der Waals surface area contributed by atoms with Gasteiger partial charge in [0.15, 0.2) is 0 Å². The summed E-state index contributed by atoms with van der Waals surface area (Å²) in [5, 5.41) is 6.10. The maximum absolute atomic E-state index is 13.7. The maximum atomic E-state index is 13.7. The van der Waals surface area contributed by atoms with Crippen molar-refractivity contribution in [1.82, 2.24) is 14.8 Å². The third-order valence-electron chi connectivity index (χ3n) is 6.88. The molecule has 0 N–H and O–H groups in total. The summed E-state index contributed by atoms with van der Waals surface area (Å²) in [6.45, 7) is 3.52. The van der Waals surface area contributed by atoms with E-state index in [1.54, 1.807) is 38.5 Å². The topological polar surface area (TPSA) is 93.1 Å². The van der Waals surface area contributed by atoms with Crippen molar-refractivity contribution in [2.24, 2.45) is 5.10 Å². The average molecular weight is 543 g/mol. The van der Waals surface area contributed by atoms with E-state index < -0.39 is 6.04 Å². The third-order valence-corrected chi connectivity index (χ3v) is 6.88. The standard InChI is InChI=1S/C28H35FN4O6/c1-36-19-28(35)32(11-10-31-12-14-39-15-13-31)18-27(34)33-25(20-4-6-21(29)7-5-20)17-24(30-33)23-9-8-22(37-2)16-26(23)38-3/h4-9,16,25H,10-15,17-19H2,1-3H3/t25-/m0/s1. The van der Waals surface area contributed by atoms with E-state index in [4.69, 9.17) is 24.0 Å². The molecule has 4 rings (SSSR count). The van der Waals surface area contributed by atoms with Crippen LogP contribution in [0.2, 0.25) is 0 Å². The molecule has 0 aliphatic carbocycles. The number of halogens is 1. The molecule has 0 unspecified atom stereocenters. The Kier molecular flexibility index (Phi) is 9.85. The second-order valence-electron chi connectivity index (χ2n) is 9.33. The first-order valence-electron chi connectivity index (χ1n) is 12.9. The molecule has 210 valence electrons. The summed E-state index contributed by atoms with van der Waals surface area (Å²) in [5.41, 5.74) is 2.10. The van der Waals surface area contributed by atoms with E-state index in [9.17, 15) is 14.0 Å². The summed E-state index contributed by atoms with van der Waals surface area (Å²) < 4.78 is 35.1. The van der Waals surface area contributed by atoms with Crippen LogP contribution in [0, 0.1) is 5.82 Å². The molecule has 0 radical (unpaired) electrons. The lowest BCUT2D eigenvalue weighted by Gasteiger charge is -2.31. The highest BCUT2D eigenvalue weighted by Crippen LogP contribution is 2.36. The number of methoxy groups -OCH3 is 3. The summed E-state index contributed by atoms with van der Waals surface area (Å²) in [6.07, 6.45) is 0.389. The van der Waals surface area contributed by atoms with Gasteiger partial charge in [0.2, 0.25) is 5.91 Å². The molecule has 0 aromatic heterocycles. The van der Waals surface area contributed by atoms with Crippen LogP contribution in [0.15, 0.2) is 47.6 Å². The van der Waals surface area contributed by atoms with Crippen LogP contribution in [0.3, 0.4) is 0 Å². The Bertz CT molecular complexity index is 1170. The lowest BCUT2D eigenvalue weighted by molar-refractivity contribution is -0.143. The van der Waals surface area contributed by atoms with Crippen LogP contribution in [-0.4, -0.2) is 106 Å². The van der Waals surface area contributed by atoms with Crippen molar-refractivity contribution in [2.45, 2.75) is 12.5 Å². The second-order valence-corrected chi connectivity index (χ2v) is 9.33. The van der Waals surface area contributed by atoms with Crippen LogP contribution in [0.4, 0.5) is 4.39 Å². The fraction of sp³-hybridized carbons (Fsp3) is 0.464. The number of nitrogens with zero attached hydrogens (tertiary/aromatic N) is 4. The van der Waals surface area contributed by atoms with Crippen LogP contribution in [0.5, 0.6) is 11.5 Å². The van der Waals surface area contributed by atoms with Crippen LogP contribution >= 0.6 is 0 Å². The van der Waals surface area contributed by atoms with E-state index in [1.807, 2.05) is 6.07 Å². The van der Waals surface area contributed by atoms with E-state index in [0.29, 0.717) is 49.9 Å². The zero-order chi connectivity index (χ0) is 27.8. The molecular formula is C28H35FN4O6. The fourth-order valence-corrected chi connectivity index (χ4v) is 4.71. The minimum Gasteiger partial charge on any atom is -0.497 e. The van der Waals surface area contributed by atoms with Gasteiger partial charge >= 0.3 is 0 Å². The zero-order valence-electron chi connectivity index (χ0n) is 22.6. The van der Waals surface area contributed by atoms with Gasteiger partial charge in [-0.2, -0.15) is 5.10 Å². The van der Waals surface area contributed by atoms with E-state index >= 15 is 0 Å². The van der Waals surface area contributed by atoms with Crippen molar-refractivity contribution >= 4 is 17.5 Å². The predicted octanol–water partition coefficient (Wildman–Crippen LogP) is 2.33. The van der Waals surface area contributed by atoms with Gasteiger partial charge in [0.25, 0.3) is 5.91 Å². The van der Waals surface area contributed by atoms with Gasteiger partial charge in [0, 0.05) is 51.3 Å². The quantitative estimate of drug-likeness (QED) is 0.430. The molecule has 1 atom stereocenters.